The summed E-state index contributed by atoms with van der Waals surface area (Å²) in [5.41, 5.74) is 1.14. The highest BCUT2D eigenvalue weighted by atomic mass is 16.5. The molecule has 2 rings (SSSR count). The number of aryl methyl sites for hydroxylation is 1. The maximum Gasteiger partial charge on any atom is 0.161 e. The van der Waals surface area contributed by atoms with E-state index in [1.165, 1.54) is 0 Å². The molecule has 1 aliphatic heterocycles. The van der Waals surface area contributed by atoms with Crippen molar-refractivity contribution < 1.29 is 4.74 Å². The maximum absolute atomic E-state index is 5.48. The minimum atomic E-state index is 0.261. The lowest BCUT2D eigenvalue weighted by Crippen LogP contribution is -2.51. The van der Waals surface area contributed by atoms with Crippen LogP contribution in [0.25, 0.3) is 0 Å². The number of nitrogens with zero attached hydrogens (tertiary/aromatic N) is 4. The minimum Gasteiger partial charge on any atom is -0.493 e. The van der Waals surface area contributed by atoms with Gasteiger partial charge in [0.25, 0.3) is 0 Å². The van der Waals surface area contributed by atoms with Crippen molar-refractivity contribution in [2.45, 2.75) is 25.4 Å². The molecule has 0 aliphatic carbocycles. The molecule has 1 N–H and O–H groups in total. The molecule has 6 nitrogen and oxygen atoms in total. The zero-order valence-corrected chi connectivity index (χ0v) is 14.0. The second kappa shape index (κ2) is 7.24. The van der Waals surface area contributed by atoms with Crippen LogP contribution in [-0.4, -0.2) is 73.0 Å². The van der Waals surface area contributed by atoms with E-state index in [1.54, 1.807) is 13.3 Å². The Morgan fingerprint density at radius 3 is 2.81 bits per heavy atom. The minimum absolute atomic E-state index is 0.261. The number of aromatic nitrogens is 2. The summed E-state index contributed by atoms with van der Waals surface area (Å²) < 4.78 is 7.41. The first kappa shape index (κ1) is 16.3. The lowest BCUT2D eigenvalue weighted by atomic mass is 10.0. The Labute approximate surface area is 128 Å². The quantitative estimate of drug-likeness (QED) is 0.838. The van der Waals surface area contributed by atoms with Crippen molar-refractivity contribution >= 4 is 0 Å². The summed E-state index contributed by atoms with van der Waals surface area (Å²) in [6.07, 6.45) is 2.86. The highest BCUT2D eigenvalue weighted by Crippen LogP contribution is 2.29. The van der Waals surface area contributed by atoms with E-state index in [-0.39, 0.29) is 6.04 Å². The number of hydrogen-bond acceptors (Lipinski definition) is 5. The standard InChI is InChI=1S/C15H29N5O/c1-6-16-13(15-14(21-5)10-17-20(15)4)9-12-11-18(2)7-8-19(12)3/h10,12-13,16H,6-9,11H2,1-5H3. The van der Waals surface area contributed by atoms with E-state index in [2.05, 4.69) is 41.2 Å². The Balaban J connectivity index is 2.16. The summed E-state index contributed by atoms with van der Waals surface area (Å²) in [5.74, 6) is 0.871. The van der Waals surface area contributed by atoms with Crippen LogP contribution in [0.15, 0.2) is 6.20 Å². The van der Waals surface area contributed by atoms with Gasteiger partial charge in [0.05, 0.1) is 25.0 Å². The summed E-state index contributed by atoms with van der Waals surface area (Å²) in [7, 11) is 8.12. The monoisotopic (exact) mass is 295 g/mol. The SMILES string of the molecule is CCNC(CC1CN(C)CCN1C)c1c(OC)cnn1C. The molecule has 2 unspecified atom stereocenters. The maximum atomic E-state index is 5.48. The first-order chi connectivity index (χ1) is 10.1. The number of likely N-dealkylation sites (N-methyl/N-ethyl adjacent to an activating group) is 2. The van der Waals surface area contributed by atoms with Crippen LogP contribution in [-0.2, 0) is 7.05 Å². The van der Waals surface area contributed by atoms with Gasteiger partial charge in [0.15, 0.2) is 5.75 Å². The molecule has 2 heterocycles. The molecule has 0 aromatic carbocycles. The highest BCUT2D eigenvalue weighted by Gasteiger charge is 2.28. The zero-order valence-electron chi connectivity index (χ0n) is 14.0. The van der Waals surface area contributed by atoms with Crippen LogP contribution >= 0.6 is 0 Å². The molecule has 120 valence electrons. The van der Waals surface area contributed by atoms with Crippen molar-refractivity contribution in [2.24, 2.45) is 7.05 Å². The molecule has 0 radical (unpaired) electrons. The van der Waals surface area contributed by atoms with Crippen LogP contribution in [0.4, 0.5) is 0 Å². The van der Waals surface area contributed by atoms with Crippen LogP contribution in [0.1, 0.15) is 25.1 Å². The third kappa shape index (κ3) is 3.75. The second-order valence-electron chi connectivity index (χ2n) is 5.96. The van der Waals surface area contributed by atoms with Gasteiger partial charge in [-0.05, 0) is 27.1 Å². The van der Waals surface area contributed by atoms with Crippen molar-refractivity contribution in [1.82, 2.24) is 24.9 Å². The van der Waals surface area contributed by atoms with Gasteiger partial charge < -0.3 is 19.9 Å². The van der Waals surface area contributed by atoms with E-state index in [9.17, 15) is 0 Å². The zero-order chi connectivity index (χ0) is 15.4. The number of hydrogen-bond donors (Lipinski definition) is 1. The third-order valence-corrected chi connectivity index (χ3v) is 4.44. The topological polar surface area (TPSA) is 45.6 Å². The first-order valence-electron chi connectivity index (χ1n) is 7.74. The Bertz CT molecular complexity index is 447. The number of ether oxygens (including phenoxy) is 1. The van der Waals surface area contributed by atoms with Gasteiger partial charge in [-0.2, -0.15) is 5.10 Å². The summed E-state index contributed by atoms with van der Waals surface area (Å²) >= 11 is 0. The molecule has 2 atom stereocenters. The Hall–Kier alpha value is -1.11. The highest BCUT2D eigenvalue weighted by molar-refractivity contribution is 5.28. The Kier molecular flexibility index (Phi) is 5.61. The number of nitrogens with one attached hydrogen (secondary N) is 1. The number of piperazine rings is 1. The van der Waals surface area contributed by atoms with E-state index in [4.69, 9.17) is 4.74 Å². The van der Waals surface area contributed by atoms with Gasteiger partial charge in [0, 0.05) is 32.7 Å². The van der Waals surface area contributed by atoms with E-state index in [0.717, 1.165) is 44.0 Å². The Morgan fingerprint density at radius 2 is 2.14 bits per heavy atom. The van der Waals surface area contributed by atoms with E-state index in [1.807, 2.05) is 11.7 Å². The molecule has 1 aliphatic rings. The van der Waals surface area contributed by atoms with Gasteiger partial charge in [-0.3, -0.25) is 4.68 Å². The molecule has 1 saturated heterocycles. The second-order valence-corrected chi connectivity index (χ2v) is 5.96. The molecule has 0 spiro atoms. The first-order valence-corrected chi connectivity index (χ1v) is 7.74. The lowest BCUT2D eigenvalue weighted by molar-refractivity contribution is 0.100. The molecule has 0 bridgehead atoms. The van der Waals surface area contributed by atoms with Gasteiger partial charge >= 0.3 is 0 Å². The van der Waals surface area contributed by atoms with Crippen molar-refractivity contribution in [3.8, 4) is 5.75 Å². The van der Waals surface area contributed by atoms with Crippen molar-refractivity contribution in [1.29, 1.82) is 0 Å². The van der Waals surface area contributed by atoms with Gasteiger partial charge in [-0.15, -0.1) is 0 Å². The summed E-state index contributed by atoms with van der Waals surface area (Å²) in [5, 5.41) is 7.94. The molecule has 21 heavy (non-hydrogen) atoms. The average molecular weight is 295 g/mol. The fourth-order valence-electron chi connectivity index (χ4n) is 3.15. The van der Waals surface area contributed by atoms with Crippen molar-refractivity contribution in [3.05, 3.63) is 11.9 Å². The fourth-order valence-corrected chi connectivity index (χ4v) is 3.15. The number of rotatable bonds is 6. The molecule has 6 heteroatoms. The Morgan fingerprint density at radius 1 is 1.38 bits per heavy atom. The van der Waals surface area contributed by atoms with Crippen LogP contribution in [0, 0.1) is 0 Å². The molecule has 1 aromatic heterocycles. The van der Waals surface area contributed by atoms with Crippen LogP contribution in [0.5, 0.6) is 5.75 Å². The molecule has 0 saturated carbocycles. The van der Waals surface area contributed by atoms with Crippen LogP contribution in [0.2, 0.25) is 0 Å². The largest absolute Gasteiger partial charge is 0.493 e. The predicted molar refractivity (Wildman–Crippen MR) is 84.7 cm³/mol. The van der Waals surface area contributed by atoms with E-state index >= 15 is 0 Å². The smallest absolute Gasteiger partial charge is 0.161 e. The molecule has 1 aromatic rings. The van der Waals surface area contributed by atoms with Crippen molar-refractivity contribution in [2.75, 3.05) is 47.4 Å². The number of methoxy groups -OCH3 is 1. The molecular formula is C15H29N5O. The molecular weight excluding hydrogens is 266 g/mol. The normalized spacial score (nSPS) is 22.4. The summed E-state index contributed by atoms with van der Waals surface area (Å²) in [6.45, 7) is 6.47. The fraction of sp³-hybridized carbons (Fsp3) is 0.800. The van der Waals surface area contributed by atoms with Gasteiger partial charge in [-0.25, -0.2) is 0 Å². The third-order valence-electron chi connectivity index (χ3n) is 4.44. The van der Waals surface area contributed by atoms with E-state index < -0.39 is 0 Å². The van der Waals surface area contributed by atoms with Crippen LogP contribution in [0.3, 0.4) is 0 Å². The van der Waals surface area contributed by atoms with Gasteiger partial charge in [0.2, 0.25) is 0 Å². The predicted octanol–water partition coefficient (Wildman–Crippen LogP) is 0.715. The summed E-state index contributed by atoms with van der Waals surface area (Å²) in [6, 6.07) is 0.809. The molecule has 1 fully saturated rings. The van der Waals surface area contributed by atoms with Crippen molar-refractivity contribution in [3.63, 3.8) is 0 Å². The van der Waals surface area contributed by atoms with Gasteiger partial charge in [0.1, 0.15) is 0 Å². The van der Waals surface area contributed by atoms with E-state index in [0.29, 0.717) is 6.04 Å². The van der Waals surface area contributed by atoms with Crippen LogP contribution < -0.4 is 10.1 Å². The summed E-state index contributed by atoms with van der Waals surface area (Å²) in [4.78, 5) is 4.88. The lowest BCUT2D eigenvalue weighted by Gasteiger charge is -2.39. The average Bonchev–Trinajstić information content (AvgIpc) is 2.83. The van der Waals surface area contributed by atoms with Gasteiger partial charge in [-0.1, -0.05) is 6.92 Å². The molecule has 0 amide bonds.